The fraction of sp³-hybridized carbons (Fsp3) is 0.400. The molecule has 0 saturated carbocycles. The minimum Gasteiger partial charge on any atom is -0.353 e. The van der Waals surface area contributed by atoms with Crippen molar-refractivity contribution in [1.82, 2.24) is 15.1 Å². The fourth-order valence-corrected chi connectivity index (χ4v) is 3.25. The van der Waals surface area contributed by atoms with E-state index in [1.807, 2.05) is 17.5 Å². The Morgan fingerprint density at radius 3 is 3.00 bits per heavy atom. The summed E-state index contributed by atoms with van der Waals surface area (Å²) >= 11 is 1.44. The lowest BCUT2D eigenvalue weighted by molar-refractivity contribution is 0.0937. The standard InChI is InChI=1S/C15H18N4O2S/c1-18-14(20)7-6-13(17-18)19-8-2-4-11(10-19)16-15(21)12-5-3-9-22-12/h3,5-7,9,11H,2,4,8,10H2,1H3,(H,16,21). The van der Waals surface area contributed by atoms with Crippen LogP contribution in [0, 0.1) is 0 Å². The molecule has 1 atom stereocenters. The molecule has 1 unspecified atom stereocenters. The number of aromatic nitrogens is 2. The summed E-state index contributed by atoms with van der Waals surface area (Å²) in [6.07, 6.45) is 1.94. The van der Waals surface area contributed by atoms with Gasteiger partial charge in [-0.25, -0.2) is 4.68 Å². The molecular weight excluding hydrogens is 300 g/mol. The van der Waals surface area contributed by atoms with Gasteiger partial charge in [-0.15, -0.1) is 11.3 Å². The molecule has 6 nitrogen and oxygen atoms in total. The average Bonchev–Trinajstić information content (AvgIpc) is 3.05. The van der Waals surface area contributed by atoms with Gasteiger partial charge in [0.1, 0.15) is 5.82 Å². The third-order valence-corrected chi connectivity index (χ3v) is 4.64. The Balaban J connectivity index is 1.67. The Morgan fingerprint density at radius 1 is 1.41 bits per heavy atom. The van der Waals surface area contributed by atoms with E-state index in [9.17, 15) is 9.59 Å². The lowest BCUT2D eigenvalue weighted by atomic mass is 10.1. The Labute approximate surface area is 132 Å². The molecule has 3 heterocycles. The van der Waals surface area contributed by atoms with E-state index in [0.29, 0.717) is 6.54 Å². The molecule has 1 aliphatic heterocycles. The third-order valence-electron chi connectivity index (χ3n) is 3.77. The molecule has 1 saturated heterocycles. The number of hydrogen-bond acceptors (Lipinski definition) is 5. The van der Waals surface area contributed by atoms with Crippen molar-refractivity contribution in [2.75, 3.05) is 18.0 Å². The van der Waals surface area contributed by atoms with Gasteiger partial charge < -0.3 is 10.2 Å². The van der Waals surface area contributed by atoms with Crippen molar-refractivity contribution in [2.24, 2.45) is 7.05 Å². The molecule has 7 heteroatoms. The van der Waals surface area contributed by atoms with Crippen molar-refractivity contribution in [3.05, 3.63) is 44.9 Å². The maximum Gasteiger partial charge on any atom is 0.266 e. The van der Waals surface area contributed by atoms with Crippen LogP contribution < -0.4 is 15.8 Å². The first-order valence-electron chi connectivity index (χ1n) is 7.27. The summed E-state index contributed by atoms with van der Waals surface area (Å²) in [5.74, 6) is 0.757. The number of anilines is 1. The van der Waals surface area contributed by atoms with Gasteiger partial charge in [-0.2, -0.15) is 5.10 Å². The minimum absolute atomic E-state index is 0.0183. The smallest absolute Gasteiger partial charge is 0.266 e. The predicted molar refractivity (Wildman–Crippen MR) is 86.5 cm³/mol. The van der Waals surface area contributed by atoms with Crippen molar-refractivity contribution >= 4 is 23.1 Å². The third kappa shape index (κ3) is 3.19. The Hall–Kier alpha value is -2.15. The molecule has 116 valence electrons. The van der Waals surface area contributed by atoms with E-state index in [1.165, 1.54) is 22.1 Å². The number of nitrogens with one attached hydrogen (secondary N) is 1. The molecule has 0 spiro atoms. The summed E-state index contributed by atoms with van der Waals surface area (Å²) in [6.45, 7) is 1.60. The molecular formula is C15H18N4O2S. The number of thiophene rings is 1. The van der Waals surface area contributed by atoms with E-state index in [-0.39, 0.29) is 17.5 Å². The lowest BCUT2D eigenvalue weighted by Crippen LogP contribution is -2.48. The van der Waals surface area contributed by atoms with E-state index in [0.717, 1.165) is 30.1 Å². The Morgan fingerprint density at radius 2 is 2.27 bits per heavy atom. The quantitative estimate of drug-likeness (QED) is 0.924. The van der Waals surface area contributed by atoms with Gasteiger partial charge in [0.15, 0.2) is 0 Å². The summed E-state index contributed by atoms with van der Waals surface area (Å²) in [5.41, 5.74) is -0.122. The van der Waals surface area contributed by atoms with E-state index in [1.54, 1.807) is 13.1 Å². The summed E-state index contributed by atoms with van der Waals surface area (Å²) in [7, 11) is 1.64. The molecule has 0 radical (unpaired) electrons. The first-order chi connectivity index (χ1) is 10.6. The van der Waals surface area contributed by atoms with Gasteiger partial charge in [0, 0.05) is 32.2 Å². The van der Waals surface area contributed by atoms with Crippen LogP contribution >= 0.6 is 11.3 Å². The van der Waals surface area contributed by atoms with Crippen LogP contribution in [0.4, 0.5) is 5.82 Å². The highest BCUT2D eigenvalue weighted by Gasteiger charge is 2.23. The van der Waals surface area contributed by atoms with Gasteiger partial charge in [0.05, 0.1) is 4.88 Å². The van der Waals surface area contributed by atoms with Crippen molar-refractivity contribution in [1.29, 1.82) is 0 Å². The maximum absolute atomic E-state index is 12.1. The molecule has 0 bridgehead atoms. The molecule has 1 amide bonds. The topological polar surface area (TPSA) is 67.2 Å². The number of hydrogen-bond donors (Lipinski definition) is 1. The van der Waals surface area contributed by atoms with Crippen molar-refractivity contribution < 1.29 is 4.79 Å². The number of nitrogens with zero attached hydrogens (tertiary/aromatic N) is 3. The zero-order valence-electron chi connectivity index (χ0n) is 12.4. The highest BCUT2D eigenvalue weighted by atomic mass is 32.1. The summed E-state index contributed by atoms with van der Waals surface area (Å²) in [4.78, 5) is 26.4. The van der Waals surface area contributed by atoms with Gasteiger partial charge in [-0.3, -0.25) is 9.59 Å². The SMILES string of the molecule is Cn1nc(N2CCCC(NC(=O)c3cccs3)C2)ccc1=O. The van der Waals surface area contributed by atoms with Crippen LogP contribution in [0.5, 0.6) is 0 Å². The zero-order valence-corrected chi connectivity index (χ0v) is 13.2. The van der Waals surface area contributed by atoms with Gasteiger partial charge in [0.25, 0.3) is 11.5 Å². The number of carbonyl (C=O) groups excluding carboxylic acids is 1. The van der Waals surface area contributed by atoms with Gasteiger partial charge in [-0.1, -0.05) is 6.07 Å². The average molecular weight is 318 g/mol. The van der Waals surface area contributed by atoms with E-state index in [4.69, 9.17) is 0 Å². The van der Waals surface area contributed by atoms with Crippen molar-refractivity contribution in [3.8, 4) is 0 Å². The van der Waals surface area contributed by atoms with Crippen LogP contribution in [-0.2, 0) is 7.05 Å². The second-order valence-electron chi connectivity index (χ2n) is 5.39. The largest absolute Gasteiger partial charge is 0.353 e. The fourth-order valence-electron chi connectivity index (χ4n) is 2.63. The zero-order chi connectivity index (χ0) is 15.5. The number of carbonyl (C=O) groups is 1. The maximum atomic E-state index is 12.1. The number of piperidine rings is 1. The van der Waals surface area contributed by atoms with Crippen LogP contribution in [0.1, 0.15) is 22.5 Å². The number of amides is 1. The Bertz CT molecular complexity index is 711. The monoisotopic (exact) mass is 318 g/mol. The molecule has 1 fully saturated rings. The highest BCUT2D eigenvalue weighted by molar-refractivity contribution is 7.12. The molecule has 2 aromatic heterocycles. The van der Waals surface area contributed by atoms with E-state index in [2.05, 4.69) is 15.3 Å². The first kappa shape index (κ1) is 14.8. The van der Waals surface area contributed by atoms with E-state index >= 15 is 0 Å². The second-order valence-corrected chi connectivity index (χ2v) is 6.34. The van der Waals surface area contributed by atoms with Crippen LogP contribution in [0.15, 0.2) is 34.4 Å². The van der Waals surface area contributed by atoms with Crippen molar-refractivity contribution in [3.63, 3.8) is 0 Å². The van der Waals surface area contributed by atoms with Crippen LogP contribution in [0.3, 0.4) is 0 Å². The number of rotatable bonds is 3. The molecule has 1 aliphatic rings. The van der Waals surface area contributed by atoms with Gasteiger partial charge in [0.2, 0.25) is 0 Å². The minimum atomic E-state index is -0.122. The van der Waals surface area contributed by atoms with E-state index < -0.39 is 0 Å². The van der Waals surface area contributed by atoms with Crippen molar-refractivity contribution in [2.45, 2.75) is 18.9 Å². The molecule has 1 N–H and O–H groups in total. The lowest BCUT2D eigenvalue weighted by Gasteiger charge is -2.33. The highest BCUT2D eigenvalue weighted by Crippen LogP contribution is 2.17. The number of aryl methyl sites for hydroxylation is 1. The molecule has 2 aromatic rings. The second kappa shape index (κ2) is 6.31. The summed E-state index contributed by atoms with van der Waals surface area (Å²) in [6, 6.07) is 7.07. The molecule has 22 heavy (non-hydrogen) atoms. The predicted octanol–water partition coefficient (Wildman–Crippen LogP) is 1.24. The molecule has 3 rings (SSSR count). The normalized spacial score (nSPS) is 18.2. The molecule has 0 aromatic carbocycles. The van der Waals surface area contributed by atoms with Crippen LogP contribution in [0.25, 0.3) is 0 Å². The van der Waals surface area contributed by atoms with Crippen LogP contribution in [0.2, 0.25) is 0 Å². The van der Waals surface area contributed by atoms with Crippen LogP contribution in [-0.4, -0.2) is 34.8 Å². The summed E-state index contributed by atoms with van der Waals surface area (Å²) in [5, 5.41) is 9.26. The first-order valence-corrected chi connectivity index (χ1v) is 8.15. The van der Waals surface area contributed by atoms with Gasteiger partial charge >= 0.3 is 0 Å². The molecule has 0 aliphatic carbocycles. The summed E-state index contributed by atoms with van der Waals surface area (Å²) < 4.78 is 1.34. The Kier molecular flexibility index (Phi) is 4.24. The van der Waals surface area contributed by atoms with Gasteiger partial charge in [-0.05, 0) is 30.4 Å².